The van der Waals surface area contributed by atoms with Crippen LogP contribution in [0, 0.1) is 6.92 Å². The second-order valence-corrected chi connectivity index (χ2v) is 7.24. The smallest absolute Gasteiger partial charge is 0.230 e. The van der Waals surface area contributed by atoms with Crippen LogP contribution in [0.25, 0.3) is 10.2 Å². The number of fused-ring (bicyclic) bond motifs is 1. The lowest BCUT2D eigenvalue weighted by molar-refractivity contribution is -0.115. The number of carbonyl (C=O) groups excluding carboxylic acids is 1. The number of benzene rings is 2. The Morgan fingerprint density at radius 2 is 1.88 bits per heavy atom. The molecular formula is C21H19N3OS. The SMILES string of the molecule is Cc1cccc(CC(=O)Nc2nn(Cc3ccccc3)c3sccc23)c1. The monoisotopic (exact) mass is 361 g/mol. The molecule has 0 atom stereocenters. The van der Waals surface area contributed by atoms with Gasteiger partial charge in [0.05, 0.1) is 18.4 Å². The molecule has 0 fully saturated rings. The zero-order valence-electron chi connectivity index (χ0n) is 14.5. The first-order valence-electron chi connectivity index (χ1n) is 8.52. The highest BCUT2D eigenvalue weighted by Crippen LogP contribution is 2.28. The standard InChI is InChI=1S/C21H19N3OS/c1-15-6-5-9-17(12-15)13-19(25)22-20-18-10-11-26-21(18)24(23-20)14-16-7-3-2-4-8-16/h2-12H,13-14H2,1H3,(H,22,23,25). The summed E-state index contributed by atoms with van der Waals surface area (Å²) in [4.78, 5) is 13.5. The van der Waals surface area contributed by atoms with Crippen LogP contribution in [0.4, 0.5) is 5.82 Å². The fraction of sp³-hybridized carbons (Fsp3) is 0.143. The predicted octanol–water partition coefficient (Wildman–Crippen LogP) is 4.64. The molecule has 4 rings (SSSR count). The summed E-state index contributed by atoms with van der Waals surface area (Å²) in [6, 6.07) is 20.2. The van der Waals surface area contributed by atoms with Crippen molar-refractivity contribution in [3.63, 3.8) is 0 Å². The van der Waals surface area contributed by atoms with Crippen LogP contribution in [0.2, 0.25) is 0 Å². The van der Waals surface area contributed by atoms with E-state index in [2.05, 4.69) is 22.5 Å². The number of aromatic nitrogens is 2. The normalized spacial score (nSPS) is 11.0. The van der Waals surface area contributed by atoms with Crippen LogP contribution in [-0.4, -0.2) is 15.7 Å². The molecule has 1 amide bonds. The Balaban J connectivity index is 1.55. The molecule has 26 heavy (non-hydrogen) atoms. The number of anilines is 1. The van der Waals surface area contributed by atoms with Gasteiger partial charge in [-0.3, -0.25) is 4.79 Å². The van der Waals surface area contributed by atoms with Gasteiger partial charge in [0.25, 0.3) is 0 Å². The molecule has 4 aromatic rings. The van der Waals surface area contributed by atoms with E-state index in [0.717, 1.165) is 21.3 Å². The van der Waals surface area contributed by atoms with Crippen molar-refractivity contribution in [3.8, 4) is 0 Å². The van der Waals surface area contributed by atoms with Crippen LogP contribution in [0.3, 0.4) is 0 Å². The Hall–Kier alpha value is -2.92. The van der Waals surface area contributed by atoms with Crippen LogP contribution in [-0.2, 0) is 17.8 Å². The molecule has 0 spiro atoms. The molecule has 0 saturated carbocycles. The summed E-state index contributed by atoms with van der Waals surface area (Å²) in [5, 5.41) is 10.6. The average molecular weight is 361 g/mol. The summed E-state index contributed by atoms with van der Waals surface area (Å²) >= 11 is 1.64. The summed E-state index contributed by atoms with van der Waals surface area (Å²) in [6.45, 7) is 2.72. The Kier molecular flexibility index (Phi) is 4.54. The summed E-state index contributed by atoms with van der Waals surface area (Å²) < 4.78 is 1.96. The van der Waals surface area contributed by atoms with Gasteiger partial charge in [-0.25, -0.2) is 4.68 Å². The van der Waals surface area contributed by atoms with E-state index >= 15 is 0 Å². The van der Waals surface area contributed by atoms with Crippen LogP contribution >= 0.6 is 11.3 Å². The highest BCUT2D eigenvalue weighted by molar-refractivity contribution is 7.16. The maximum absolute atomic E-state index is 12.5. The fourth-order valence-electron chi connectivity index (χ4n) is 3.04. The van der Waals surface area contributed by atoms with Crippen molar-refractivity contribution in [2.75, 3.05) is 5.32 Å². The zero-order valence-corrected chi connectivity index (χ0v) is 15.3. The van der Waals surface area contributed by atoms with Crippen molar-refractivity contribution in [1.29, 1.82) is 0 Å². The van der Waals surface area contributed by atoms with Crippen molar-refractivity contribution in [3.05, 3.63) is 82.7 Å². The molecule has 0 aliphatic carbocycles. The number of aryl methyl sites for hydroxylation is 1. The Labute approximate surface area is 156 Å². The number of rotatable bonds is 5. The molecule has 1 N–H and O–H groups in total. The molecule has 2 heterocycles. The minimum Gasteiger partial charge on any atom is -0.308 e. The van der Waals surface area contributed by atoms with Gasteiger partial charge >= 0.3 is 0 Å². The minimum absolute atomic E-state index is 0.0481. The summed E-state index contributed by atoms with van der Waals surface area (Å²) in [5.74, 6) is 0.586. The largest absolute Gasteiger partial charge is 0.308 e. The summed E-state index contributed by atoms with van der Waals surface area (Å²) in [6.07, 6.45) is 0.346. The first-order valence-corrected chi connectivity index (χ1v) is 9.40. The molecule has 0 bridgehead atoms. The summed E-state index contributed by atoms with van der Waals surface area (Å²) in [7, 11) is 0. The number of carbonyl (C=O) groups is 1. The van der Waals surface area contributed by atoms with E-state index in [1.807, 2.05) is 65.5 Å². The third kappa shape index (κ3) is 3.53. The molecule has 2 aromatic carbocycles. The molecule has 0 saturated heterocycles. The van der Waals surface area contributed by atoms with E-state index < -0.39 is 0 Å². The van der Waals surface area contributed by atoms with E-state index in [4.69, 9.17) is 0 Å². The third-order valence-electron chi connectivity index (χ3n) is 4.24. The van der Waals surface area contributed by atoms with E-state index in [1.54, 1.807) is 11.3 Å². The maximum atomic E-state index is 12.5. The van der Waals surface area contributed by atoms with E-state index in [1.165, 1.54) is 5.56 Å². The van der Waals surface area contributed by atoms with Crippen molar-refractivity contribution in [2.24, 2.45) is 0 Å². The fourth-order valence-corrected chi connectivity index (χ4v) is 3.89. The molecule has 2 aromatic heterocycles. The van der Waals surface area contributed by atoms with E-state index in [0.29, 0.717) is 18.8 Å². The van der Waals surface area contributed by atoms with Crippen molar-refractivity contribution in [2.45, 2.75) is 19.9 Å². The van der Waals surface area contributed by atoms with Gasteiger partial charge in [0.15, 0.2) is 5.82 Å². The van der Waals surface area contributed by atoms with E-state index in [-0.39, 0.29) is 5.91 Å². The van der Waals surface area contributed by atoms with Crippen LogP contribution in [0.5, 0.6) is 0 Å². The Morgan fingerprint density at radius 1 is 1.08 bits per heavy atom. The van der Waals surface area contributed by atoms with Gasteiger partial charge in [0, 0.05) is 0 Å². The molecule has 4 nitrogen and oxygen atoms in total. The van der Waals surface area contributed by atoms with Gasteiger partial charge in [0.2, 0.25) is 5.91 Å². The molecular weight excluding hydrogens is 342 g/mol. The highest BCUT2D eigenvalue weighted by Gasteiger charge is 2.14. The molecule has 0 radical (unpaired) electrons. The van der Waals surface area contributed by atoms with Gasteiger partial charge in [-0.05, 0) is 29.5 Å². The van der Waals surface area contributed by atoms with Crippen molar-refractivity contribution >= 4 is 33.3 Å². The highest BCUT2D eigenvalue weighted by atomic mass is 32.1. The number of hydrogen-bond donors (Lipinski definition) is 1. The number of thiophene rings is 1. The molecule has 0 aliphatic heterocycles. The topological polar surface area (TPSA) is 46.9 Å². The molecule has 5 heteroatoms. The zero-order chi connectivity index (χ0) is 17.9. The maximum Gasteiger partial charge on any atom is 0.230 e. The number of hydrogen-bond acceptors (Lipinski definition) is 3. The van der Waals surface area contributed by atoms with Crippen LogP contribution in [0.15, 0.2) is 66.0 Å². The van der Waals surface area contributed by atoms with Gasteiger partial charge in [-0.1, -0.05) is 60.2 Å². The lowest BCUT2D eigenvalue weighted by Gasteiger charge is -2.04. The lowest BCUT2D eigenvalue weighted by Crippen LogP contribution is -2.15. The first kappa shape index (κ1) is 16.5. The third-order valence-corrected chi connectivity index (χ3v) is 5.16. The number of nitrogens with zero attached hydrogens (tertiary/aromatic N) is 2. The Bertz CT molecular complexity index is 1050. The van der Waals surface area contributed by atoms with Gasteiger partial charge in [-0.2, -0.15) is 5.10 Å². The molecule has 130 valence electrons. The van der Waals surface area contributed by atoms with Gasteiger partial charge < -0.3 is 5.32 Å². The second-order valence-electron chi connectivity index (χ2n) is 6.35. The Morgan fingerprint density at radius 3 is 2.69 bits per heavy atom. The molecule has 0 unspecified atom stereocenters. The van der Waals surface area contributed by atoms with Crippen LogP contribution < -0.4 is 5.32 Å². The van der Waals surface area contributed by atoms with Gasteiger partial charge in [-0.15, -0.1) is 11.3 Å². The number of nitrogens with one attached hydrogen (secondary N) is 1. The van der Waals surface area contributed by atoms with Gasteiger partial charge in [0.1, 0.15) is 4.83 Å². The lowest BCUT2D eigenvalue weighted by atomic mass is 10.1. The van der Waals surface area contributed by atoms with E-state index in [9.17, 15) is 4.79 Å². The van der Waals surface area contributed by atoms with Crippen molar-refractivity contribution < 1.29 is 4.79 Å². The predicted molar refractivity (Wildman–Crippen MR) is 107 cm³/mol. The minimum atomic E-state index is -0.0481. The quantitative estimate of drug-likeness (QED) is 0.563. The van der Waals surface area contributed by atoms with Crippen LogP contribution in [0.1, 0.15) is 16.7 Å². The average Bonchev–Trinajstić information content (AvgIpc) is 3.21. The first-order chi connectivity index (χ1) is 12.7. The molecule has 0 aliphatic rings. The second kappa shape index (κ2) is 7.14. The summed E-state index contributed by atoms with van der Waals surface area (Å²) in [5.41, 5.74) is 3.35. The van der Waals surface area contributed by atoms with Crippen molar-refractivity contribution in [1.82, 2.24) is 9.78 Å². The number of amides is 1.